The number of esters is 1. The van der Waals surface area contributed by atoms with Gasteiger partial charge in [-0.2, -0.15) is 0 Å². The maximum absolute atomic E-state index is 12.9. The molecular formula is C21H27ClN2O4. The fourth-order valence-electron chi connectivity index (χ4n) is 4.10. The average molecular weight is 407 g/mol. The zero-order valence-corrected chi connectivity index (χ0v) is 17.3. The van der Waals surface area contributed by atoms with Crippen molar-refractivity contribution in [2.45, 2.75) is 58.6 Å². The molecule has 1 saturated heterocycles. The van der Waals surface area contributed by atoms with Gasteiger partial charge in [0.15, 0.2) is 0 Å². The molecule has 0 unspecified atom stereocenters. The highest BCUT2D eigenvalue weighted by Gasteiger charge is 2.53. The summed E-state index contributed by atoms with van der Waals surface area (Å²) in [5, 5.41) is 3.39. The third-order valence-corrected chi connectivity index (χ3v) is 6.12. The first-order valence-electron chi connectivity index (χ1n) is 9.65. The molecule has 2 fully saturated rings. The van der Waals surface area contributed by atoms with Gasteiger partial charge in [-0.15, -0.1) is 0 Å². The number of hydrogen-bond donors (Lipinski definition) is 1. The summed E-state index contributed by atoms with van der Waals surface area (Å²) in [6.07, 6.45) is 2.96. The van der Waals surface area contributed by atoms with E-state index in [-0.39, 0.29) is 24.5 Å². The maximum Gasteiger partial charge on any atom is 0.326 e. The van der Waals surface area contributed by atoms with E-state index in [4.69, 9.17) is 16.3 Å². The number of urea groups is 1. The first kappa shape index (κ1) is 20.6. The molecule has 28 heavy (non-hydrogen) atoms. The molecule has 0 aromatic heterocycles. The second-order valence-corrected chi connectivity index (χ2v) is 9.27. The van der Waals surface area contributed by atoms with Crippen LogP contribution in [0.5, 0.6) is 0 Å². The van der Waals surface area contributed by atoms with Crippen molar-refractivity contribution in [2.75, 3.05) is 6.54 Å². The van der Waals surface area contributed by atoms with Crippen LogP contribution in [0, 0.1) is 11.3 Å². The lowest BCUT2D eigenvalue weighted by molar-refractivity contribution is -0.149. The Kier molecular flexibility index (Phi) is 5.71. The van der Waals surface area contributed by atoms with Crippen LogP contribution in [0.2, 0.25) is 5.02 Å². The van der Waals surface area contributed by atoms with Crippen molar-refractivity contribution in [3.8, 4) is 0 Å². The number of carbonyl (C=O) groups is 3. The first-order valence-corrected chi connectivity index (χ1v) is 10.0. The molecule has 1 heterocycles. The number of halogens is 1. The molecule has 1 aliphatic heterocycles. The van der Waals surface area contributed by atoms with Crippen LogP contribution in [-0.2, 0) is 20.9 Å². The van der Waals surface area contributed by atoms with E-state index in [1.165, 1.54) is 0 Å². The summed E-state index contributed by atoms with van der Waals surface area (Å²) in [5.41, 5.74) is 0.0541. The van der Waals surface area contributed by atoms with Gasteiger partial charge in [0, 0.05) is 5.02 Å². The molecule has 7 heteroatoms. The van der Waals surface area contributed by atoms with Gasteiger partial charge in [-0.1, -0.05) is 44.5 Å². The number of amides is 3. The SMILES string of the molecule is CC(C)(C)C1CCC2(CC1)NC(=O)N(CC(=O)OCc1cccc(Cl)c1)C2=O. The zero-order valence-electron chi connectivity index (χ0n) is 16.6. The lowest BCUT2D eigenvalue weighted by Gasteiger charge is -2.40. The monoisotopic (exact) mass is 406 g/mol. The molecule has 1 aromatic carbocycles. The van der Waals surface area contributed by atoms with Crippen LogP contribution in [0.4, 0.5) is 4.79 Å². The highest BCUT2D eigenvalue weighted by atomic mass is 35.5. The standard InChI is InChI=1S/C21H27ClN2O4/c1-20(2,3)15-7-9-21(10-8-15)18(26)24(19(27)23-21)12-17(25)28-13-14-5-4-6-16(22)11-14/h4-6,11,15H,7-10,12-13H2,1-3H3,(H,23,27). The van der Waals surface area contributed by atoms with E-state index in [1.807, 2.05) is 0 Å². The summed E-state index contributed by atoms with van der Waals surface area (Å²) >= 11 is 5.91. The minimum absolute atomic E-state index is 0.0431. The van der Waals surface area contributed by atoms with Crippen LogP contribution >= 0.6 is 11.6 Å². The van der Waals surface area contributed by atoms with Crippen molar-refractivity contribution in [2.24, 2.45) is 11.3 Å². The Morgan fingerprint density at radius 2 is 1.96 bits per heavy atom. The van der Waals surface area contributed by atoms with Crippen molar-refractivity contribution in [3.05, 3.63) is 34.9 Å². The first-order chi connectivity index (χ1) is 13.1. The van der Waals surface area contributed by atoms with E-state index in [1.54, 1.807) is 24.3 Å². The molecule has 1 saturated carbocycles. The summed E-state index contributed by atoms with van der Waals surface area (Å²) in [4.78, 5) is 38.4. The minimum atomic E-state index is -0.869. The molecule has 2 aliphatic rings. The zero-order chi connectivity index (χ0) is 20.5. The Morgan fingerprint density at radius 1 is 1.29 bits per heavy atom. The van der Waals surface area contributed by atoms with E-state index in [0.717, 1.165) is 23.3 Å². The van der Waals surface area contributed by atoms with E-state index < -0.39 is 17.5 Å². The predicted molar refractivity (Wildman–Crippen MR) is 106 cm³/mol. The van der Waals surface area contributed by atoms with Gasteiger partial charge in [0.25, 0.3) is 5.91 Å². The molecular weight excluding hydrogens is 380 g/mol. The fraction of sp³-hybridized carbons (Fsp3) is 0.571. The quantitative estimate of drug-likeness (QED) is 0.607. The van der Waals surface area contributed by atoms with E-state index >= 15 is 0 Å². The summed E-state index contributed by atoms with van der Waals surface area (Å²) in [6, 6.07) is 6.47. The average Bonchev–Trinajstić information content (AvgIpc) is 2.84. The Morgan fingerprint density at radius 3 is 2.57 bits per heavy atom. The summed E-state index contributed by atoms with van der Waals surface area (Å²) in [7, 11) is 0. The van der Waals surface area contributed by atoms with Crippen LogP contribution in [0.3, 0.4) is 0 Å². The van der Waals surface area contributed by atoms with Gasteiger partial charge in [-0.3, -0.25) is 14.5 Å². The van der Waals surface area contributed by atoms with Gasteiger partial charge in [0.05, 0.1) is 0 Å². The second-order valence-electron chi connectivity index (χ2n) is 8.83. The van der Waals surface area contributed by atoms with Gasteiger partial charge in [0.1, 0.15) is 18.7 Å². The topological polar surface area (TPSA) is 75.7 Å². The molecule has 1 N–H and O–H groups in total. The molecule has 1 aromatic rings. The highest BCUT2D eigenvalue weighted by molar-refractivity contribution is 6.30. The second kappa shape index (κ2) is 7.74. The lowest BCUT2D eigenvalue weighted by Crippen LogP contribution is -2.50. The van der Waals surface area contributed by atoms with Gasteiger partial charge in [0.2, 0.25) is 0 Å². The number of rotatable bonds is 4. The van der Waals surface area contributed by atoms with Gasteiger partial charge < -0.3 is 10.1 Å². The van der Waals surface area contributed by atoms with E-state index in [2.05, 4.69) is 26.1 Å². The Labute approximate surface area is 170 Å². The molecule has 1 aliphatic carbocycles. The number of benzene rings is 1. The van der Waals surface area contributed by atoms with Crippen LogP contribution in [0.25, 0.3) is 0 Å². The van der Waals surface area contributed by atoms with Crippen molar-refractivity contribution in [1.82, 2.24) is 10.2 Å². The van der Waals surface area contributed by atoms with Gasteiger partial charge >= 0.3 is 12.0 Å². The molecule has 1 spiro atoms. The van der Waals surface area contributed by atoms with E-state index in [0.29, 0.717) is 23.8 Å². The fourth-order valence-corrected chi connectivity index (χ4v) is 4.31. The van der Waals surface area contributed by atoms with Crippen molar-refractivity contribution >= 4 is 29.5 Å². The Bertz CT molecular complexity index is 779. The smallest absolute Gasteiger partial charge is 0.326 e. The normalized spacial score (nSPS) is 25.1. The molecule has 3 amide bonds. The molecule has 0 radical (unpaired) electrons. The Hall–Kier alpha value is -2.08. The number of ether oxygens (including phenoxy) is 1. The molecule has 3 rings (SSSR count). The summed E-state index contributed by atoms with van der Waals surface area (Å²) in [5.74, 6) is -0.423. The number of hydrogen-bond acceptors (Lipinski definition) is 4. The van der Waals surface area contributed by atoms with E-state index in [9.17, 15) is 14.4 Å². The van der Waals surface area contributed by atoms with Gasteiger partial charge in [-0.25, -0.2) is 4.79 Å². The minimum Gasteiger partial charge on any atom is -0.459 e. The number of carbonyl (C=O) groups excluding carboxylic acids is 3. The number of nitrogens with one attached hydrogen (secondary N) is 1. The Balaban J connectivity index is 1.57. The third kappa shape index (κ3) is 4.32. The van der Waals surface area contributed by atoms with Crippen LogP contribution in [0.15, 0.2) is 24.3 Å². The molecule has 0 atom stereocenters. The molecule has 0 bridgehead atoms. The van der Waals surface area contributed by atoms with Crippen molar-refractivity contribution in [3.63, 3.8) is 0 Å². The highest BCUT2D eigenvalue weighted by Crippen LogP contribution is 2.43. The van der Waals surface area contributed by atoms with Crippen molar-refractivity contribution < 1.29 is 19.1 Å². The van der Waals surface area contributed by atoms with Crippen molar-refractivity contribution in [1.29, 1.82) is 0 Å². The third-order valence-electron chi connectivity index (χ3n) is 5.89. The van der Waals surface area contributed by atoms with Crippen LogP contribution < -0.4 is 5.32 Å². The predicted octanol–water partition coefficient (Wildman–Crippen LogP) is 3.91. The molecule has 152 valence electrons. The largest absolute Gasteiger partial charge is 0.459 e. The van der Waals surface area contributed by atoms with Gasteiger partial charge in [-0.05, 0) is 54.7 Å². The van der Waals surface area contributed by atoms with Crippen LogP contribution in [0.1, 0.15) is 52.0 Å². The summed E-state index contributed by atoms with van der Waals surface area (Å²) in [6.45, 7) is 6.27. The summed E-state index contributed by atoms with van der Waals surface area (Å²) < 4.78 is 5.21. The molecule has 6 nitrogen and oxygen atoms in total. The number of imide groups is 1. The van der Waals surface area contributed by atoms with Crippen LogP contribution in [-0.4, -0.2) is 34.9 Å². The maximum atomic E-state index is 12.9. The number of nitrogens with zero attached hydrogens (tertiary/aromatic N) is 1. The lowest BCUT2D eigenvalue weighted by atomic mass is 9.67.